The van der Waals surface area contributed by atoms with E-state index in [9.17, 15) is 8.42 Å². The van der Waals surface area contributed by atoms with Gasteiger partial charge in [0.05, 0.1) is 0 Å². The summed E-state index contributed by atoms with van der Waals surface area (Å²) < 4.78 is 26.5. The quantitative estimate of drug-likeness (QED) is 0.857. The zero-order chi connectivity index (χ0) is 17.0. The van der Waals surface area contributed by atoms with Crippen LogP contribution in [-0.2, 0) is 10.0 Å². The van der Waals surface area contributed by atoms with Gasteiger partial charge in [0, 0.05) is 37.3 Å². The summed E-state index contributed by atoms with van der Waals surface area (Å²) in [6.07, 6.45) is 1.66. The summed E-state index contributed by atoms with van der Waals surface area (Å²) in [4.78, 5) is 2.25. The molecule has 0 atom stereocenters. The second-order valence-corrected chi connectivity index (χ2v) is 7.75. The van der Waals surface area contributed by atoms with Crippen molar-refractivity contribution in [3.8, 4) is 0 Å². The van der Waals surface area contributed by atoms with E-state index in [4.69, 9.17) is 0 Å². The molecule has 24 heavy (non-hydrogen) atoms. The summed E-state index contributed by atoms with van der Waals surface area (Å²) in [5.41, 5.74) is 3.30. The van der Waals surface area contributed by atoms with Crippen molar-refractivity contribution in [3.63, 3.8) is 0 Å². The highest BCUT2D eigenvalue weighted by molar-refractivity contribution is 7.92. The van der Waals surface area contributed by atoms with Gasteiger partial charge in [0.1, 0.15) is 0 Å². The molecule has 1 saturated heterocycles. The number of hydrogen-bond acceptors (Lipinski definition) is 3. The minimum absolute atomic E-state index is 0.510. The van der Waals surface area contributed by atoms with E-state index >= 15 is 0 Å². The molecule has 0 aromatic heterocycles. The van der Waals surface area contributed by atoms with E-state index in [1.54, 1.807) is 10.4 Å². The van der Waals surface area contributed by atoms with Gasteiger partial charge in [-0.2, -0.15) is 4.31 Å². The summed E-state index contributed by atoms with van der Waals surface area (Å²) in [6, 6.07) is 17.7. The minimum Gasteiger partial charge on any atom is -0.369 e. The van der Waals surface area contributed by atoms with Gasteiger partial charge in [-0.1, -0.05) is 48.5 Å². The van der Waals surface area contributed by atoms with Crippen LogP contribution in [0, 0.1) is 6.92 Å². The van der Waals surface area contributed by atoms with Crippen molar-refractivity contribution in [1.82, 2.24) is 4.31 Å². The van der Waals surface area contributed by atoms with E-state index in [1.165, 1.54) is 16.7 Å². The zero-order valence-electron chi connectivity index (χ0n) is 13.8. The van der Waals surface area contributed by atoms with Crippen LogP contribution < -0.4 is 4.90 Å². The molecule has 0 N–H and O–H groups in total. The number of benzene rings is 2. The van der Waals surface area contributed by atoms with Gasteiger partial charge in [-0.3, -0.25) is 0 Å². The lowest BCUT2D eigenvalue weighted by Gasteiger charge is -2.35. The van der Waals surface area contributed by atoms with Gasteiger partial charge in [-0.25, -0.2) is 8.42 Å². The fraction of sp³-hybridized carbons (Fsp3) is 0.263. The molecule has 0 unspecified atom stereocenters. The summed E-state index contributed by atoms with van der Waals surface area (Å²) in [5.74, 6) is 0. The number of rotatable bonds is 4. The van der Waals surface area contributed by atoms with E-state index in [0.29, 0.717) is 26.2 Å². The second kappa shape index (κ2) is 7.20. The third-order valence-corrected chi connectivity index (χ3v) is 5.85. The number of hydrogen-bond donors (Lipinski definition) is 0. The first-order valence-electron chi connectivity index (χ1n) is 8.10. The molecule has 0 radical (unpaired) electrons. The maximum absolute atomic E-state index is 12.5. The standard InChI is InChI=1S/C19H22N2O2S/c1-17-7-5-6-10-19(17)20-12-14-21(15-13-20)24(22,23)16-11-18-8-3-2-4-9-18/h2-11,16H,12-15H2,1H3/b16-11+. The van der Waals surface area contributed by atoms with Gasteiger partial charge in [0.15, 0.2) is 0 Å². The Labute approximate surface area is 144 Å². The average Bonchev–Trinajstić information content (AvgIpc) is 2.62. The monoisotopic (exact) mass is 342 g/mol. The Morgan fingerprint density at radius 2 is 1.50 bits per heavy atom. The highest BCUT2D eigenvalue weighted by atomic mass is 32.2. The molecule has 126 valence electrons. The van der Waals surface area contributed by atoms with E-state index in [0.717, 1.165) is 5.56 Å². The third kappa shape index (κ3) is 3.86. The van der Waals surface area contributed by atoms with E-state index in [1.807, 2.05) is 42.5 Å². The Morgan fingerprint density at radius 1 is 0.875 bits per heavy atom. The summed E-state index contributed by atoms with van der Waals surface area (Å²) in [7, 11) is -3.37. The maximum Gasteiger partial charge on any atom is 0.236 e. The summed E-state index contributed by atoms with van der Waals surface area (Å²) >= 11 is 0. The van der Waals surface area contributed by atoms with Crippen LogP contribution >= 0.6 is 0 Å². The second-order valence-electron chi connectivity index (χ2n) is 5.93. The highest BCUT2D eigenvalue weighted by Gasteiger charge is 2.25. The number of nitrogens with zero attached hydrogens (tertiary/aromatic N) is 2. The Bertz CT molecular complexity index is 808. The van der Waals surface area contributed by atoms with Crippen LogP contribution in [0.4, 0.5) is 5.69 Å². The first-order chi connectivity index (χ1) is 11.6. The molecule has 0 bridgehead atoms. The Morgan fingerprint density at radius 3 is 2.17 bits per heavy atom. The molecule has 3 rings (SSSR count). The molecule has 0 spiro atoms. The number of para-hydroxylation sites is 1. The smallest absolute Gasteiger partial charge is 0.236 e. The van der Waals surface area contributed by atoms with Crippen LogP contribution in [0.1, 0.15) is 11.1 Å². The fourth-order valence-corrected chi connectivity index (χ4v) is 4.09. The SMILES string of the molecule is Cc1ccccc1N1CCN(S(=O)(=O)/C=C/c2ccccc2)CC1. The lowest BCUT2D eigenvalue weighted by molar-refractivity contribution is 0.390. The molecule has 1 aliphatic heterocycles. The number of sulfonamides is 1. The normalized spacial score (nSPS) is 16.6. The molecule has 0 amide bonds. The molecule has 1 aliphatic rings. The molecule has 2 aromatic carbocycles. The van der Waals surface area contributed by atoms with E-state index in [2.05, 4.69) is 24.0 Å². The van der Waals surface area contributed by atoms with Crippen molar-refractivity contribution in [2.24, 2.45) is 0 Å². The zero-order valence-corrected chi connectivity index (χ0v) is 14.6. The van der Waals surface area contributed by atoms with Crippen molar-refractivity contribution in [1.29, 1.82) is 0 Å². The molecule has 0 saturated carbocycles. The van der Waals surface area contributed by atoms with Gasteiger partial charge in [0.2, 0.25) is 10.0 Å². The lowest BCUT2D eigenvalue weighted by Crippen LogP contribution is -2.48. The first-order valence-corrected chi connectivity index (χ1v) is 9.60. The van der Waals surface area contributed by atoms with Crippen molar-refractivity contribution < 1.29 is 8.42 Å². The Hall–Kier alpha value is -2.11. The van der Waals surface area contributed by atoms with Gasteiger partial charge in [-0.15, -0.1) is 0 Å². The first kappa shape index (κ1) is 16.7. The molecule has 1 heterocycles. The lowest BCUT2D eigenvalue weighted by atomic mass is 10.1. The minimum atomic E-state index is -3.37. The van der Waals surface area contributed by atoms with Crippen LogP contribution in [-0.4, -0.2) is 38.9 Å². The molecular weight excluding hydrogens is 320 g/mol. The summed E-state index contributed by atoms with van der Waals surface area (Å²) in [5, 5.41) is 1.31. The van der Waals surface area contributed by atoms with Gasteiger partial charge >= 0.3 is 0 Å². The topological polar surface area (TPSA) is 40.6 Å². The van der Waals surface area contributed by atoms with E-state index < -0.39 is 10.0 Å². The molecular formula is C19H22N2O2S. The molecule has 0 aliphatic carbocycles. The summed E-state index contributed by atoms with van der Waals surface area (Å²) in [6.45, 7) is 4.53. The van der Waals surface area contributed by atoms with Crippen LogP contribution in [0.3, 0.4) is 0 Å². The van der Waals surface area contributed by atoms with Crippen molar-refractivity contribution in [2.45, 2.75) is 6.92 Å². The molecule has 5 heteroatoms. The Balaban J connectivity index is 1.65. The third-order valence-electron chi connectivity index (χ3n) is 4.29. The predicted molar refractivity (Wildman–Crippen MR) is 99.4 cm³/mol. The largest absolute Gasteiger partial charge is 0.369 e. The Kier molecular flexibility index (Phi) is 5.02. The fourth-order valence-electron chi connectivity index (χ4n) is 2.92. The number of anilines is 1. The van der Waals surface area contributed by atoms with Crippen molar-refractivity contribution in [2.75, 3.05) is 31.1 Å². The van der Waals surface area contributed by atoms with E-state index in [-0.39, 0.29) is 0 Å². The molecule has 1 fully saturated rings. The van der Waals surface area contributed by atoms with Crippen molar-refractivity contribution >= 4 is 21.8 Å². The van der Waals surface area contributed by atoms with Crippen LogP contribution in [0.15, 0.2) is 60.0 Å². The van der Waals surface area contributed by atoms with Crippen molar-refractivity contribution in [3.05, 3.63) is 71.1 Å². The number of piperazine rings is 1. The highest BCUT2D eigenvalue weighted by Crippen LogP contribution is 2.22. The predicted octanol–water partition coefficient (Wildman–Crippen LogP) is 3.12. The van der Waals surface area contributed by atoms with Gasteiger partial charge in [-0.05, 0) is 30.2 Å². The average molecular weight is 342 g/mol. The molecule has 4 nitrogen and oxygen atoms in total. The van der Waals surface area contributed by atoms with Crippen LogP contribution in [0.25, 0.3) is 6.08 Å². The van der Waals surface area contributed by atoms with Crippen LogP contribution in [0.5, 0.6) is 0 Å². The van der Waals surface area contributed by atoms with Crippen LogP contribution in [0.2, 0.25) is 0 Å². The maximum atomic E-state index is 12.5. The van der Waals surface area contributed by atoms with Gasteiger partial charge in [0.25, 0.3) is 0 Å². The molecule has 2 aromatic rings. The number of aryl methyl sites for hydroxylation is 1. The van der Waals surface area contributed by atoms with Gasteiger partial charge < -0.3 is 4.90 Å².